The van der Waals surface area contributed by atoms with Crippen molar-refractivity contribution in [1.29, 1.82) is 0 Å². The first kappa shape index (κ1) is 11.0. The Hall–Kier alpha value is -2.74. The summed E-state index contributed by atoms with van der Waals surface area (Å²) in [5.74, 6) is 1.67. The predicted molar refractivity (Wildman–Crippen MR) is 85.1 cm³/mol. The third-order valence-electron chi connectivity index (χ3n) is 4.24. The minimum atomic E-state index is 0.307. The molecule has 0 fully saturated rings. The van der Waals surface area contributed by atoms with Gasteiger partial charge in [0.25, 0.3) is 0 Å². The van der Waals surface area contributed by atoms with Crippen molar-refractivity contribution in [3.05, 3.63) is 60.7 Å². The zero-order valence-corrected chi connectivity index (χ0v) is 11.3. The monoisotopic (exact) mass is 272 g/mol. The van der Waals surface area contributed by atoms with E-state index in [1.807, 2.05) is 0 Å². The van der Waals surface area contributed by atoms with Crippen LogP contribution in [0, 0.1) is 0 Å². The molecule has 0 N–H and O–H groups in total. The lowest BCUT2D eigenvalue weighted by Crippen LogP contribution is -1.92. The fourth-order valence-electron chi connectivity index (χ4n) is 3.29. The van der Waals surface area contributed by atoms with E-state index in [4.69, 9.17) is 9.47 Å². The number of ether oxygens (including phenoxy) is 2. The van der Waals surface area contributed by atoms with E-state index < -0.39 is 0 Å². The maximum Gasteiger partial charge on any atom is 0.231 e. The Balaban J connectivity index is 2.12. The third kappa shape index (κ3) is 1.42. The van der Waals surface area contributed by atoms with Crippen molar-refractivity contribution >= 4 is 32.3 Å². The van der Waals surface area contributed by atoms with Gasteiger partial charge in [-0.05, 0) is 44.5 Å². The van der Waals surface area contributed by atoms with Crippen LogP contribution >= 0.6 is 0 Å². The van der Waals surface area contributed by atoms with Gasteiger partial charge in [0.05, 0.1) is 0 Å². The van der Waals surface area contributed by atoms with E-state index in [2.05, 4.69) is 60.7 Å². The molecule has 1 heterocycles. The molecule has 0 saturated heterocycles. The van der Waals surface area contributed by atoms with Crippen LogP contribution in [0.15, 0.2) is 60.7 Å². The van der Waals surface area contributed by atoms with Crippen molar-refractivity contribution in [2.75, 3.05) is 6.79 Å². The van der Waals surface area contributed by atoms with Crippen LogP contribution in [0.3, 0.4) is 0 Å². The summed E-state index contributed by atoms with van der Waals surface area (Å²) in [4.78, 5) is 0. The quantitative estimate of drug-likeness (QED) is 0.425. The standard InChI is InChI=1S/C19H12O2/c1-3-7-14-12(5-1)13-6-2-4-8-15(13)17-10-19-18(9-16(14)17)20-11-21-19/h1-10H,11H2. The molecule has 0 atom stereocenters. The minimum Gasteiger partial charge on any atom is -0.454 e. The minimum absolute atomic E-state index is 0.307. The molecule has 0 bridgehead atoms. The lowest BCUT2D eigenvalue weighted by molar-refractivity contribution is 0.174. The first-order valence-electron chi connectivity index (χ1n) is 7.04. The number of rotatable bonds is 0. The second kappa shape index (κ2) is 3.89. The van der Waals surface area contributed by atoms with Gasteiger partial charge in [-0.15, -0.1) is 0 Å². The molecule has 0 aromatic heterocycles. The van der Waals surface area contributed by atoms with Crippen molar-refractivity contribution in [3.8, 4) is 11.5 Å². The predicted octanol–water partition coefficient (Wildman–Crippen LogP) is 4.87. The highest BCUT2D eigenvalue weighted by Gasteiger charge is 2.17. The molecule has 0 radical (unpaired) electrons. The van der Waals surface area contributed by atoms with Gasteiger partial charge in [0.1, 0.15) is 0 Å². The van der Waals surface area contributed by atoms with E-state index >= 15 is 0 Å². The highest BCUT2D eigenvalue weighted by molar-refractivity contribution is 6.25. The Labute approximate surface area is 121 Å². The molecule has 1 aliphatic rings. The number of fused-ring (bicyclic) bond motifs is 7. The Kier molecular flexibility index (Phi) is 2.03. The molecular weight excluding hydrogens is 260 g/mol. The molecule has 0 amide bonds. The summed E-state index contributed by atoms with van der Waals surface area (Å²) in [7, 11) is 0. The summed E-state index contributed by atoms with van der Waals surface area (Å²) in [6.07, 6.45) is 0. The fourth-order valence-corrected chi connectivity index (χ4v) is 3.29. The molecule has 0 saturated carbocycles. The van der Waals surface area contributed by atoms with Gasteiger partial charge in [-0.25, -0.2) is 0 Å². The van der Waals surface area contributed by atoms with E-state index in [1.165, 1.54) is 32.3 Å². The lowest BCUT2D eigenvalue weighted by Gasteiger charge is -2.10. The Bertz CT molecular complexity index is 936. The van der Waals surface area contributed by atoms with Crippen LogP contribution in [0.4, 0.5) is 0 Å². The highest BCUT2D eigenvalue weighted by Crippen LogP contribution is 2.42. The maximum atomic E-state index is 5.55. The topological polar surface area (TPSA) is 18.5 Å². The summed E-state index contributed by atoms with van der Waals surface area (Å²) in [6, 6.07) is 21.3. The zero-order valence-electron chi connectivity index (χ0n) is 11.3. The summed E-state index contributed by atoms with van der Waals surface area (Å²) < 4.78 is 11.1. The van der Waals surface area contributed by atoms with Gasteiger partial charge >= 0.3 is 0 Å². The van der Waals surface area contributed by atoms with Gasteiger partial charge in [0.15, 0.2) is 11.5 Å². The van der Waals surface area contributed by atoms with Crippen LogP contribution in [0.25, 0.3) is 32.3 Å². The molecule has 21 heavy (non-hydrogen) atoms. The largest absolute Gasteiger partial charge is 0.454 e. The average molecular weight is 272 g/mol. The van der Waals surface area contributed by atoms with Crippen LogP contribution in [-0.2, 0) is 0 Å². The van der Waals surface area contributed by atoms with Crippen molar-refractivity contribution in [2.45, 2.75) is 0 Å². The van der Waals surface area contributed by atoms with E-state index in [-0.39, 0.29) is 0 Å². The van der Waals surface area contributed by atoms with Gasteiger partial charge in [0.2, 0.25) is 6.79 Å². The molecule has 0 unspecified atom stereocenters. The van der Waals surface area contributed by atoms with Crippen LogP contribution in [0.2, 0.25) is 0 Å². The summed E-state index contributed by atoms with van der Waals surface area (Å²) in [6.45, 7) is 0.307. The molecule has 0 aliphatic carbocycles. The zero-order chi connectivity index (χ0) is 13.8. The Morgan fingerprint density at radius 1 is 0.524 bits per heavy atom. The molecule has 4 aromatic rings. The van der Waals surface area contributed by atoms with Crippen molar-refractivity contribution in [1.82, 2.24) is 0 Å². The molecule has 100 valence electrons. The number of hydrogen-bond acceptors (Lipinski definition) is 2. The first-order chi connectivity index (χ1) is 10.4. The van der Waals surface area contributed by atoms with E-state index in [0.717, 1.165) is 11.5 Å². The number of hydrogen-bond donors (Lipinski definition) is 0. The summed E-state index contributed by atoms with van der Waals surface area (Å²) in [5.41, 5.74) is 0. The molecule has 0 spiro atoms. The molecule has 5 rings (SSSR count). The van der Waals surface area contributed by atoms with Gasteiger partial charge in [0, 0.05) is 0 Å². The fraction of sp³-hybridized carbons (Fsp3) is 0.0526. The van der Waals surface area contributed by atoms with E-state index in [9.17, 15) is 0 Å². The normalized spacial score (nSPS) is 13.3. The molecule has 1 aliphatic heterocycles. The van der Waals surface area contributed by atoms with Crippen LogP contribution in [-0.4, -0.2) is 6.79 Å². The van der Waals surface area contributed by atoms with Gasteiger partial charge < -0.3 is 9.47 Å². The average Bonchev–Trinajstić information content (AvgIpc) is 3.01. The molecule has 4 aromatic carbocycles. The highest BCUT2D eigenvalue weighted by atomic mass is 16.7. The lowest BCUT2D eigenvalue weighted by atomic mass is 9.94. The second-order valence-corrected chi connectivity index (χ2v) is 5.34. The number of benzene rings is 4. The van der Waals surface area contributed by atoms with Gasteiger partial charge in [-0.1, -0.05) is 48.5 Å². The van der Waals surface area contributed by atoms with Crippen molar-refractivity contribution < 1.29 is 9.47 Å². The third-order valence-corrected chi connectivity index (χ3v) is 4.24. The molecule has 2 heteroatoms. The maximum absolute atomic E-state index is 5.55. The molecular formula is C19H12O2. The Morgan fingerprint density at radius 2 is 0.905 bits per heavy atom. The van der Waals surface area contributed by atoms with Gasteiger partial charge in [-0.2, -0.15) is 0 Å². The van der Waals surface area contributed by atoms with E-state index in [0.29, 0.717) is 6.79 Å². The SMILES string of the molecule is c1ccc2c(c1)c1ccccc1c1cc3c(cc21)OCO3. The van der Waals surface area contributed by atoms with Crippen LogP contribution < -0.4 is 9.47 Å². The Morgan fingerprint density at radius 3 is 1.33 bits per heavy atom. The smallest absolute Gasteiger partial charge is 0.231 e. The molecule has 2 nitrogen and oxygen atoms in total. The van der Waals surface area contributed by atoms with Crippen LogP contribution in [0.5, 0.6) is 11.5 Å². The van der Waals surface area contributed by atoms with Crippen LogP contribution in [0.1, 0.15) is 0 Å². The van der Waals surface area contributed by atoms with Crippen molar-refractivity contribution in [3.63, 3.8) is 0 Å². The summed E-state index contributed by atoms with van der Waals surface area (Å²) >= 11 is 0. The first-order valence-corrected chi connectivity index (χ1v) is 7.04. The van der Waals surface area contributed by atoms with Crippen molar-refractivity contribution in [2.24, 2.45) is 0 Å². The second-order valence-electron chi connectivity index (χ2n) is 5.34. The summed E-state index contributed by atoms with van der Waals surface area (Å²) in [5, 5.41) is 7.50. The van der Waals surface area contributed by atoms with Gasteiger partial charge in [-0.3, -0.25) is 0 Å². The van der Waals surface area contributed by atoms with E-state index in [1.54, 1.807) is 0 Å².